The Morgan fingerprint density at radius 2 is 2.22 bits per heavy atom. The molecule has 1 unspecified atom stereocenters. The maximum Gasteiger partial charge on any atom is 0.223 e. The van der Waals surface area contributed by atoms with E-state index in [0.717, 1.165) is 25.3 Å². The molecule has 1 aromatic carbocycles. The highest BCUT2D eigenvalue weighted by atomic mass is 16.5. The summed E-state index contributed by atoms with van der Waals surface area (Å²) in [5, 5.41) is 3.97. The fourth-order valence-corrected chi connectivity index (χ4v) is 2.63. The molecule has 0 saturated heterocycles. The van der Waals surface area contributed by atoms with Crippen LogP contribution in [0.3, 0.4) is 0 Å². The fraction of sp³-hybridized carbons (Fsp3) is 0.429. The predicted octanol–water partition coefficient (Wildman–Crippen LogP) is 2.50. The average molecular weight is 243 g/mol. The lowest BCUT2D eigenvalue weighted by molar-refractivity contribution is 0.182. The minimum absolute atomic E-state index is 0.411. The average Bonchev–Trinajstić information content (AvgIpc) is 2.79. The standard InChI is InChI=1S/C14H17N3O/c1-10-13-6-4-3-5-12(13)7-8-17(10)9-14-15-11(2)18-16-14/h3-6,10H,7-9H2,1-2H3. The number of aryl methyl sites for hydroxylation is 1. The van der Waals surface area contributed by atoms with Gasteiger partial charge in [-0.1, -0.05) is 29.4 Å². The molecule has 4 nitrogen and oxygen atoms in total. The van der Waals surface area contributed by atoms with E-state index in [1.807, 2.05) is 6.92 Å². The van der Waals surface area contributed by atoms with Gasteiger partial charge in [-0.05, 0) is 24.5 Å². The quantitative estimate of drug-likeness (QED) is 0.812. The van der Waals surface area contributed by atoms with Gasteiger partial charge >= 0.3 is 0 Å². The first-order valence-electron chi connectivity index (χ1n) is 6.35. The van der Waals surface area contributed by atoms with E-state index in [4.69, 9.17) is 4.52 Å². The van der Waals surface area contributed by atoms with E-state index < -0.39 is 0 Å². The van der Waals surface area contributed by atoms with E-state index in [1.54, 1.807) is 0 Å². The van der Waals surface area contributed by atoms with Gasteiger partial charge in [0.25, 0.3) is 0 Å². The third-order valence-electron chi connectivity index (χ3n) is 3.64. The van der Waals surface area contributed by atoms with Crippen molar-refractivity contribution in [3.8, 4) is 0 Å². The molecule has 0 N–H and O–H groups in total. The molecule has 1 aliphatic heterocycles. The van der Waals surface area contributed by atoms with Crippen molar-refractivity contribution in [2.24, 2.45) is 0 Å². The highest BCUT2D eigenvalue weighted by Crippen LogP contribution is 2.29. The van der Waals surface area contributed by atoms with Crippen LogP contribution in [0.1, 0.15) is 35.8 Å². The second kappa shape index (κ2) is 4.53. The van der Waals surface area contributed by atoms with Crippen LogP contribution in [0.2, 0.25) is 0 Å². The molecule has 2 heterocycles. The number of hydrogen-bond acceptors (Lipinski definition) is 4. The Bertz CT molecular complexity index is 549. The zero-order valence-corrected chi connectivity index (χ0v) is 10.8. The van der Waals surface area contributed by atoms with Crippen molar-refractivity contribution < 1.29 is 4.52 Å². The van der Waals surface area contributed by atoms with Crippen molar-refractivity contribution in [2.45, 2.75) is 32.9 Å². The zero-order valence-electron chi connectivity index (χ0n) is 10.8. The number of nitrogens with zero attached hydrogens (tertiary/aromatic N) is 3. The largest absolute Gasteiger partial charge is 0.340 e. The number of fused-ring (bicyclic) bond motifs is 1. The van der Waals surface area contributed by atoms with Crippen LogP contribution in [-0.2, 0) is 13.0 Å². The Morgan fingerprint density at radius 3 is 3.00 bits per heavy atom. The summed E-state index contributed by atoms with van der Waals surface area (Å²) >= 11 is 0. The van der Waals surface area contributed by atoms with E-state index in [9.17, 15) is 0 Å². The molecule has 0 spiro atoms. The smallest absolute Gasteiger partial charge is 0.223 e. The van der Waals surface area contributed by atoms with Crippen molar-refractivity contribution >= 4 is 0 Å². The minimum Gasteiger partial charge on any atom is -0.340 e. The van der Waals surface area contributed by atoms with Gasteiger partial charge in [0.1, 0.15) is 0 Å². The monoisotopic (exact) mass is 243 g/mol. The molecule has 4 heteroatoms. The lowest BCUT2D eigenvalue weighted by atomic mass is 9.94. The number of aromatic nitrogens is 2. The molecule has 0 amide bonds. The lowest BCUT2D eigenvalue weighted by Crippen LogP contribution is -2.33. The molecule has 94 valence electrons. The first-order valence-corrected chi connectivity index (χ1v) is 6.35. The van der Waals surface area contributed by atoms with E-state index >= 15 is 0 Å². The summed E-state index contributed by atoms with van der Waals surface area (Å²) in [5.74, 6) is 1.41. The molecule has 0 saturated carbocycles. The van der Waals surface area contributed by atoms with Crippen molar-refractivity contribution in [2.75, 3.05) is 6.54 Å². The van der Waals surface area contributed by atoms with Crippen LogP contribution in [0, 0.1) is 6.92 Å². The summed E-state index contributed by atoms with van der Waals surface area (Å²) in [7, 11) is 0. The zero-order chi connectivity index (χ0) is 12.5. The predicted molar refractivity (Wildman–Crippen MR) is 68.0 cm³/mol. The Balaban J connectivity index is 1.80. The molecule has 18 heavy (non-hydrogen) atoms. The Hall–Kier alpha value is -1.68. The highest BCUT2D eigenvalue weighted by molar-refractivity contribution is 5.32. The summed E-state index contributed by atoms with van der Waals surface area (Å²) in [6, 6.07) is 9.07. The maximum absolute atomic E-state index is 5.02. The van der Waals surface area contributed by atoms with Gasteiger partial charge in [0, 0.05) is 19.5 Å². The Morgan fingerprint density at radius 1 is 1.39 bits per heavy atom. The number of benzene rings is 1. The molecule has 3 rings (SSSR count). The van der Waals surface area contributed by atoms with Gasteiger partial charge in [-0.15, -0.1) is 0 Å². The second-order valence-corrected chi connectivity index (χ2v) is 4.82. The van der Waals surface area contributed by atoms with Crippen molar-refractivity contribution in [3.05, 3.63) is 47.1 Å². The molecular formula is C14H17N3O. The van der Waals surface area contributed by atoms with Crippen molar-refractivity contribution in [1.29, 1.82) is 0 Å². The molecule has 1 atom stereocenters. The van der Waals surface area contributed by atoms with Gasteiger partial charge in [0.2, 0.25) is 5.89 Å². The molecule has 0 radical (unpaired) electrons. The van der Waals surface area contributed by atoms with Crippen LogP contribution >= 0.6 is 0 Å². The fourth-order valence-electron chi connectivity index (χ4n) is 2.63. The minimum atomic E-state index is 0.411. The van der Waals surface area contributed by atoms with E-state index in [1.165, 1.54) is 11.1 Å². The summed E-state index contributed by atoms with van der Waals surface area (Å²) in [5.41, 5.74) is 2.88. The molecule has 0 aliphatic carbocycles. The Kier molecular flexibility index (Phi) is 2.88. The normalized spacial score (nSPS) is 19.8. The van der Waals surface area contributed by atoms with Gasteiger partial charge in [-0.2, -0.15) is 4.98 Å². The van der Waals surface area contributed by atoms with Crippen LogP contribution in [0.4, 0.5) is 0 Å². The molecule has 0 fully saturated rings. The van der Waals surface area contributed by atoms with E-state index in [-0.39, 0.29) is 0 Å². The highest BCUT2D eigenvalue weighted by Gasteiger charge is 2.24. The third-order valence-corrected chi connectivity index (χ3v) is 3.64. The maximum atomic E-state index is 5.02. The Labute approximate surface area is 107 Å². The van der Waals surface area contributed by atoms with Crippen molar-refractivity contribution in [1.82, 2.24) is 15.0 Å². The van der Waals surface area contributed by atoms with Gasteiger partial charge < -0.3 is 4.52 Å². The summed E-state index contributed by atoms with van der Waals surface area (Å²) in [6.45, 7) is 5.87. The van der Waals surface area contributed by atoms with Crippen LogP contribution in [-0.4, -0.2) is 21.6 Å². The molecule has 1 aromatic heterocycles. The molecule has 2 aromatic rings. The topological polar surface area (TPSA) is 42.2 Å². The third kappa shape index (κ3) is 2.04. The van der Waals surface area contributed by atoms with Crippen LogP contribution < -0.4 is 0 Å². The van der Waals surface area contributed by atoms with E-state index in [0.29, 0.717) is 11.9 Å². The summed E-state index contributed by atoms with van der Waals surface area (Å²) in [6.07, 6.45) is 1.09. The second-order valence-electron chi connectivity index (χ2n) is 4.82. The molecular weight excluding hydrogens is 226 g/mol. The van der Waals surface area contributed by atoms with Gasteiger partial charge in [-0.25, -0.2) is 0 Å². The number of hydrogen-bond donors (Lipinski definition) is 0. The van der Waals surface area contributed by atoms with Gasteiger partial charge in [-0.3, -0.25) is 4.90 Å². The lowest BCUT2D eigenvalue weighted by Gasteiger charge is -2.34. The van der Waals surface area contributed by atoms with Crippen molar-refractivity contribution in [3.63, 3.8) is 0 Å². The van der Waals surface area contributed by atoms with Gasteiger partial charge in [0.15, 0.2) is 5.82 Å². The van der Waals surface area contributed by atoms with E-state index in [2.05, 4.69) is 46.2 Å². The van der Waals surface area contributed by atoms with Crippen LogP contribution in [0.15, 0.2) is 28.8 Å². The number of rotatable bonds is 2. The first kappa shape index (κ1) is 11.4. The first-order chi connectivity index (χ1) is 8.74. The summed E-state index contributed by atoms with van der Waals surface area (Å²) < 4.78 is 5.02. The van der Waals surface area contributed by atoms with Crippen LogP contribution in [0.5, 0.6) is 0 Å². The molecule has 1 aliphatic rings. The summed E-state index contributed by atoms with van der Waals surface area (Å²) in [4.78, 5) is 6.67. The van der Waals surface area contributed by atoms with Gasteiger partial charge in [0.05, 0.1) is 6.54 Å². The SMILES string of the molecule is Cc1nc(CN2CCc3ccccc3C2C)no1. The van der Waals surface area contributed by atoms with Crippen LogP contribution in [0.25, 0.3) is 0 Å². The molecule has 0 bridgehead atoms.